The van der Waals surface area contributed by atoms with Crippen molar-refractivity contribution in [3.63, 3.8) is 0 Å². The number of pyridine rings is 3. The molecule has 0 spiro atoms. The fourth-order valence-corrected chi connectivity index (χ4v) is 13.2. The standard InChI is InChI=1S/3C29H43NO2.Al/c3*1-24-22-26(29-27(23-24)25(2)20-21-30-29)18-16-14-12-10-8-6-4-3-5-7-9-11-13-15-17-19-28(31)32;/h3*3,5,20-23H,4,6-19H2,1-2H3,(H,31,32);/q;;;+3/p-3/b3*5-3-;. The van der Waals surface area contributed by atoms with Crippen molar-refractivity contribution in [1.29, 1.82) is 0 Å². The maximum atomic E-state index is 10.3. The third kappa shape index (κ3) is 40.0. The molecule has 3 aromatic carbocycles. The van der Waals surface area contributed by atoms with Gasteiger partial charge in [0, 0.05) is 52.7 Å². The van der Waals surface area contributed by atoms with E-state index in [1.165, 1.54) is 256 Å². The summed E-state index contributed by atoms with van der Waals surface area (Å²) in [6.07, 6.45) is 70.4. The van der Waals surface area contributed by atoms with Crippen molar-refractivity contribution >= 4 is 68.0 Å². The minimum absolute atomic E-state index is 0. The van der Waals surface area contributed by atoms with Crippen molar-refractivity contribution < 1.29 is 29.7 Å². The molecule has 0 N–H and O–H groups in total. The molecule has 0 unspecified atom stereocenters. The van der Waals surface area contributed by atoms with E-state index >= 15 is 0 Å². The average molecular weight is 1340 g/mol. The number of carbonyl (C=O) groups is 3. The van der Waals surface area contributed by atoms with Gasteiger partial charge in [0.1, 0.15) is 0 Å². The van der Waals surface area contributed by atoms with Crippen molar-refractivity contribution in [2.75, 3.05) is 0 Å². The first kappa shape index (κ1) is 85.3. The molecule has 3 aromatic heterocycles. The van der Waals surface area contributed by atoms with E-state index in [4.69, 9.17) is 0 Å². The Morgan fingerprint density at radius 1 is 0.289 bits per heavy atom. The topological polar surface area (TPSA) is 159 Å². The fraction of sp³-hybridized carbons (Fsp3) is 0.586. The van der Waals surface area contributed by atoms with Gasteiger partial charge in [0.05, 0.1) is 16.6 Å². The number of aryl methyl sites for hydroxylation is 9. The number of carboxylic acids is 3. The fourth-order valence-electron chi connectivity index (χ4n) is 13.2. The maximum absolute atomic E-state index is 10.3. The predicted molar refractivity (Wildman–Crippen MR) is 407 cm³/mol. The van der Waals surface area contributed by atoms with Crippen molar-refractivity contribution in [2.45, 2.75) is 330 Å². The molecule has 0 amide bonds. The zero-order valence-corrected chi connectivity index (χ0v) is 62.7. The number of nitrogens with zero attached hydrogens (tertiary/aromatic N) is 3. The largest absolute Gasteiger partial charge is 3.00 e. The Balaban J connectivity index is 0.000000377. The minimum atomic E-state index is -0.920. The molecule has 0 aliphatic rings. The molecule has 3 heterocycles. The maximum Gasteiger partial charge on any atom is 3.00 e. The van der Waals surface area contributed by atoms with Gasteiger partial charge in [0.15, 0.2) is 0 Å². The van der Waals surface area contributed by atoms with Crippen molar-refractivity contribution in [1.82, 2.24) is 15.0 Å². The quantitative estimate of drug-likeness (QED) is 0.0206. The summed E-state index contributed by atoms with van der Waals surface area (Å²) in [6, 6.07) is 20.1. The van der Waals surface area contributed by atoms with E-state index in [9.17, 15) is 29.7 Å². The molecular weight excluding hydrogens is 1210 g/mol. The number of hydrogen-bond acceptors (Lipinski definition) is 9. The second-order valence-corrected chi connectivity index (χ2v) is 27.8. The van der Waals surface area contributed by atoms with Gasteiger partial charge in [0.25, 0.3) is 0 Å². The van der Waals surface area contributed by atoms with E-state index in [-0.39, 0.29) is 36.6 Å². The van der Waals surface area contributed by atoms with Gasteiger partial charge in [-0.2, -0.15) is 0 Å². The van der Waals surface area contributed by atoms with Crippen LogP contribution in [0.15, 0.2) is 110 Å². The van der Waals surface area contributed by atoms with Crippen LogP contribution in [0, 0.1) is 41.5 Å². The third-order valence-electron chi connectivity index (χ3n) is 18.8. The van der Waals surface area contributed by atoms with Crippen molar-refractivity contribution in [2.24, 2.45) is 0 Å². The Labute approximate surface area is 599 Å². The van der Waals surface area contributed by atoms with Gasteiger partial charge in [-0.25, -0.2) is 0 Å². The van der Waals surface area contributed by atoms with Crippen LogP contribution in [0.2, 0.25) is 0 Å². The first-order valence-corrected chi connectivity index (χ1v) is 38.3. The van der Waals surface area contributed by atoms with E-state index in [2.05, 4.69) is 148 Å². The van der Waals surface area contributed by atoms with Crippen LogP contribution in [0.5, 0.6) is 0 Å². The number of carboxylic acid groups (broad SMARTS) is 3. The van der Waals surface area contributed by atoms with E-state index in [0.29, 0.717) is 0 Å². The molecule has 10 heteroatoms. The first-order valence-electron chi connectivity index (χ1n) is 38.3. The smallest absolute Gasteiger partial charge is 0.550 e. The third-order valence-corrected chi connectivity index (χ3v) is 18.8. The Morgan fingerprint density at radius 3 is 0.701 bits per heavy atom. The van der Waals surface area contributed by atoms with E-state index in [1.54, 1.807) is 0 Å². The number of rotatable bonds is 51. The van der Waals surface area contributed by atoms with Gasteiger partial charge in [-0.3, -0.25) is 15.0 Å². The van der Waals surface area contributed by atoms with E-state index in [1.807, 2.05) is 18.6 Å². The van der Waals surface area contributed by atoms with Gasteiger partial charge < -0.3 is 29.7 Å². The molecule has 0 aliphatic carbocycles. The summed E-state index contributed by atoms with van der Waals surface area (Å²) in [6.45, 7) is 13.1. The van der Waals surface area contributed by atoms with Gasteiger partial charge >= 0.3 is 17.4 Å². The van der Waals surface area contributed by atoms with Crippen LogP contribution in [0.4, 0.5) is 0 Å². The summed E-state index contributed by atoms with van der Waals surface area (Å²) >= 11 is 0. The molecule has 9 nitrogen and oxygen atoms in total. The minimum Gasteiger partial charge on any atom is -0.550 e. The number of aliphatic carboxylic acids is 3. The number of hydrogen-bond donors (Lipinski definition) is 0. The monoisotopic (exact) mass is 1340 g/mol. The summed E-state index contributed by atoms with van der Waals surface area (Å²) in [5, 5.41) is 34.9. The van der Waals surface area contributed by atoms with Crippen LogP contribution < -0.4 is 15.3 Å². The predicted octanol–water partition coefficient (Wildman–Crippen LogP) is 21.1. The Hall–Kier alpha value is -5.95. The SMILES string of the molecule is Cc1cc(CCCCCCCC/C=C\CCCCCCCC(=O)[O-])c2nccc(C)c2c1.Cc1cc(CCCCCCCC/C=C\CCCCCCCC(=O)[O-])c2nccc(C)c2c1.Cc1cc(CCCCCCCC/C=C\CCCCCCCC(=O)[O-])c2nccc(C)c2c1.[Al+3]. The van der Waals surface area contributed by atoms with Crippen LogP contribution >= 0.6 is 0 Å². The van der Waals surface area contributed by atoms with Crippen LogP contribution in [-0.2, 0) is 33.6 Å². The van der Waals surface area contributed by atoms with Gasteiger partial charge in [0.2, 0.25) is 0 Å². The number of allylic oxidation sites excluding steroid dienone is 6. The number of unbranched alkanes of at least 4 members (excludes halogenated alkanes) is 33. The molecule has 0 aliphatic heterocycles. The Bertz CT molecular complexity index is 2870. The number of carbonyl (C=O) groups excluding carboxylic acids is 3. The van der Waals surface area contributed by atoms with Gasteiger partial charge in [-0.15, -0.1) is 0 Å². The molecule has 0 fully saturated rings. The zero-order valence-electron chi connectivity index (χ0n) is 61.6. The summed E-state index contributed by atoms with van der Waals surface area (Å²) < 4.78 is 0. The van der Waals surface area contributed by atoms with E-state index < -0.39 is 17.9 Å². The molecule has 0 bridgehead atoms. The molecule has 6 aromatic rings. The van der Waals surface area contributed by atoms with Crippen LogP contribution in [0.3, 0.4) is 0 Å². The summed E-state index contributed by atoms with van der Waals surface area (Å²) in [5.74, 6) is -2.76. The number of benzene rings is 3. The van der Waals surface area contributed by atoms with Gasteiger partial charge in [-0.05, 0) is 265 Å². The molecule has 0 saturated carbocycles. The zero-order chi connectivity index (χ0) is 69.1. The molecule has 0 atom stereocenters. The molecule has 528 valence electrons. The average Bonchev–Trinajstić information content (AvgIpc) is 0.827. The second kappa shape index (κ2) is 54.9. The van der Waals surface area contributed by atoms with Crippen LogP contribution in [-0.4, -0.2) is 50.2 Å². The normalized spacial score (nSPS) is 11.4. The van der Waals surface area contributed by atoms with Crippen molar-refractivity contribution in [3.05, 3.63) is 160 Å². The second-order valence-electron chi connectivity index (χ2n) is 27.8. The molecule has 0 saturated heterocycles. The Morgan fingerprint density at radius 2 is 0.485 bits per heavy atom. The summed E-state index contributed by atoms with van der Waals surface area (Å²) in [4.78, 5) is 45.0. The molecular formula is C87H126AlN3O6. The summed E-state index contributed by atoms with van der Waals surface area (Å²) in [7, 11) is 0. The number of aromatic nitrogens is 3. The molecule has 6 rings (SSSR count). The first-order chi connectivity index (χ1) is 46.7. The van der Waals surface area contributed by atoms with Crippen LogP contribution in [0.1, 0.15) is 320 Å². The van der Waals surface area contributed by atoms with Crippen molar-refractivity contribution in [3.8, 4) is 0 Å². The van der Waals surface area contributed by atoms with E-state index in [0.717, 1.165) is 96.3 Å². The summed E-state index contributed by atoms with van der Waals surface area (Å²) in [5.41, 5.74) is 15.8. The number of fused-ring (bicyclic) bond motifs is 3. The van der Waals surface area contributed by atoms with Crippen LogP contribution in [0.25, 0.3) is 32.7 Å². The Kier molecular flexibility index (Phi) is 48.3. The van der Waals surface area contributed by atoms with Gasteiger partial charge in [-0.1, -0.05) is 206 Å². The molecule has 0 radical (unpaired) electrons. The molecule has 97 heavy (non-hydrogen) atoms.